The maximum atomic E-state index is 12.3. The molecule has 2 unspecified atom stereocenters. The molecule has 1 N–H and O–H groups in total. The van der Waals surface area contributed by atoms with Crippen molar-refractivity contribution >= 4 is 11.9 Å². The summed E-state index contributed by atoms with van der Waals surface area (Å²) in [5.74, 6) is -0.233. The number of benzene rings is 1. The van der Waals surface area contributed by atoms with Crippen LogP contribution in [0.25, 0.3) is 0 Å². The van der Waals surface area contributed by atoms with Gasteiger partial charge in [0.25, 0.3) is 0 Å². The predicted molar refractivity (Wildman–Crippen MR) is 80.0 cm³/mol. The van der Waals surface area contributed by atoms with Crippen molar-refractivity contribution in [3.05, 3.63) is 29.8 Å². The van der Waals surface area contributed by atoms with Crippen LogP contribution in [0.3, 0.4) is 0 Å². The predicted octanol–water partition coefficient (Wildman–Crippen LogP) is 1.50. The van der Waals surface area contributed by atoms with Crippen molar-refractivity contribution in [3.8, 4) is 5.75 Å². The lowest BCUT2D eigenvalue weighted by atomic mass is 9.97. The molecule has 0 aromatic heterocycles. The molecule has 0 spiro atoms. The number of morpholine rings is 1. The van der Waals surface area contributed by atoms with E-state index >= 15 is 0 Å². The Balaban J connectivity index is 1.93. The Bertz CT molecular complexity index is 528. The number of ether oxygens (including phenoxy) is 2. The van der Waals surface area contributed by atoms with Gasteiger partial charge in [0, 0.05) is 13.0 Å². The number of methoxy groups -OCH3 is 1. The van der Waals surface area contributed by atoms with E-state index in [-0.39, 0.29) is 25.0 Å². The first-order chi connectivity index (χ1) is 10.5. The standard InChI is InChI=1S/C16H21NO5/c1-11(12-3-5-13(21-2)6-4-12)9-15(18)17-7-8-22-14(10-17)16(19)20/h3-6,11,14H,7-10H2,1-2H3,(H,19,20). The van der Waals surface area contributed by atoms with Gasteiger partial charge in [-0.1, -0.05) is 19.1 Å². The summed E-state index contributed by atoms with van der Waals surface area (Å²) in [7, 11) is 1.61. The fraction of sp³-hybridized carbons (Fsp3) is 0.500. The lowest BCUT2D eigenvalue weighted by Gasteiger charge is -2.31. The molecule has 0 radical (unpaired) electrons. The number of nitrogens with zero attached hydrogens (tertiary/aromatic N) is 1. The Morgan fingerprint density at radius 3 is 2.68 bits per heavy atom. The highest BCUT2D eigenvalue weighted by Crippen LogP contribution is 2.23. The van der Waals surface area contributed by atoms with Crippen molar-refractivity contribution in [2.75, 3.05) is 26.8 Å². The Morgan fingerprint density at radius 1 is 1.41 bits per heavy atom. The molecule has 120 valence electrons. The molecular formula is C16H21NO5. The highest BCUT2D eigenvalue weighted by Gasteiger charge is 2.29. The first kappa shape index (κ1) is 16.3. The summed E-state index contributed by atoms with van der Waals surface area (Å²) >= 11 is 0. The number of amides is 1. The lowest BCUT2D eigenvalue weighted by Crippen LogP contribution is -2.48. The molecule has 6 heteroatoms. The molecule has 1 aliphatic rings. The van der Waals surface area contributed by atoms with Crippen LogP contribution in [-0.4, -0.2) is 54.8 Å². The second-order valence-electron chi connectivity index (χ2n) is 5.42. The third-order valence-corrected chi connectivity index (χ3v) is 3.86. The minimum atomic E-state index is -1.03. The summed E-state index contributed by atoms with van der Waals surface area (Å²) in [5, 5.41) is 8.97. The number of hydrogen-bond donors (Lipinski definition) is 1. The molecule has 6 nitrogen and oxygen atoms in total. The second kappa shape index (κ2) is 7.26. The summed E-state index contributed by atoms with van der Waals surface area (Å²) < 4.78 is 10.2. The Morgan fingerprint density at radius 2 is 2.09 bits per heavy atom. The number of carboxylic acid groups (broad SMARTS) is 1. The molecule has 1 aromatic carbocycles. The molecule has 1 amide bonds. The molecule has 1 saturated heterocycles. The minimum absolute atomic E-state index is 0.0436. The van der Waals surface area contributed by atoms with Gasteiger partial charge in [0.2, 0.25) is 5.91 Å². The third-order valence-electron chi connectivity index (χ3n) is 3.86. The van der Waals surface area contributed by atoms with Crippen LogP contribution in [0.2, 0.25) is 0 Å². The SMILES string of the molecule is COc1ccc(C(C)CC(=O)N2CCOC(C(=O)O)C2)cc1. The molecule has 1 heterocycles. The monoisotopic (exact) mass is 307 g/mol. The lowest BCUT2D eigenvalue weighted by molar-refractivity contribution is -0.159. The van der Waals surface area contributed by atoms with Crippen molar-refractivity contribution < 1.29 is 24.2 Å². The van der Waals surface area contributed by atoms with E-state index in [1.807, 2.05) is 31.2 Å². The van der Waals surface area contributed by atoms with E-state index in [9.17, 15) is 9.59 Å². The summed E-state index contributed by atoms with van der Waals surface area (Å²) in [6.07, 6.45) is -0.576. The number of carbonyl (C=O) groups is 2. The second-order valence-corrected chi connectivity index (χ2v) is 5.42. The fourth-order valence-corrected chi connectivity index (χ4v) is 2.47. The summed E-state index contributed by atoms with van der Waals surface area (Å²) in [6, 6.07) is 7.61. The van der Waals surface area contributed by atoms with Gasteiger partial charge in [-0.25, -0.2) is 4.79 Å². The molecule has 2 atom stereocenters. The van der Waals surface area contributed by atoms with Gasteiger partial charge in [0.05, 0.1) is 20.3 Å². The van der Waals surface area contributed by atoms with E-state index in [1.54, 1.807) is 12.0 Å². The van der Waals surface area contributed by atoms with Crippen LogP contribution in [0, 0.1) is 0 Å². The quantitative estimate of drug-likeness (QED) is 0.892. The normalized spacial score (nSPS) is 19.5. The van der Waals surface area contributed by atoms with Gasteiger partial charge in [0.1, 0.15) is 5.75 Å². The average Bonchev–Trinajstić information content (AvgIpc) is 2.54. The van der Waals surface area contributed by atoms with Crippen LogP contribution in [0.4, 0.5) is 0 Å². The summed E-state index contributed by atoms with van der Waals surface area (Å²) in [4.78, 5) is 24.8. The van der Waals surface area contributed by atoms with Crippen molar-refractivity contribution in [3.63, 3.8) is 0 Å². The molecule has 22 heavy (non-hydrogen) atoms. The van der Waals surface area contributed by atoms with Gasteiger partial charge in [-0.05, 0) is 23.6 Å². The van der Waals surface area contributed by atoms with E-state index in [0.717, 1.165) is 11.3 Å². The van der Waals surface area contributed by atoms with Crippen molar-refractivity contribution in [1.82, 2.24) is 4.90 Å². The molecule has 2 rings (SSSR count). The zero-order chi connectivity index (χ0) is 16.1. The van der Waals surface area contributed by atoms with Crippen LogP contribution >= 0.6 is 0 Å². The molecular weight excluding hydrogens is 286 g/mol. The van der Waals surface area contributed by atoms with Crippen LogP contribution in [0.15, 0.2) is 24.3 Å². The van der Waals surface area contributed by atoms with Crippen LogP contribution in [-0.2, 0) is 14.3 Å². The maximum absolute atomic E-state index is 12.3. The van der Waals surface area contributed by atoms with E-state index < -0.39 is 12.1 Å². The van der Waals surface area contributed by atoms with Gasteiger partial charge in [-0.3, -0.25) is 4.79 Å². The van der Waals surface area contributed by atoms with E-state index in [2.05, 4.69) is 0 Å². The maximum Gasteiger partial charge on any atom is 0.334 e. The molecule has 0 bridgehead atoms. The van der Waals surface area contributed by atoms with Crippen LogP contribution in [0.1, 0.15) is 24.8 Å². The van der Waals surface area contributed by atoms with E-state index in [1.165, 1.54) is 0 Å². The van der Waals surface area contributed by atoms with Crippen molar-refractivity contribution in [2.45, 2.75) is 25.4 Å². The van der Waals surface area contributed by atoms with Gasteiger partial charge in [-0.15, -0.1) is 0 Å². The average molecular weight is 307 g/mol. The highest BCUT2D eigenvalue weighted by atomic mass is 16.5. The first-order valence-electron chi connectivity index (χ1n) is 7.27. The largest absolute Gasteiger partial charge is 0.497 e. The zero-order valence-corrected chi connectivity index (χ0v) is 12.8. The van der Waals surface area contributed by atoms with Crippen LogP contribution < -0.4 is 4.74 Å². The van der Waals surface area contributed by atoms with E-state index in [4.69, 9.17) is 14.6 Å². The fourth-order valence-electron chi connectivity index (χ4n) is 2.47. The smallest absolute Gasteiger partial charge is 0.334 e. The molecule has 0 saturated carbocycles. The van der Waals surface area contributed by atoms with Gasteiger partial charge in [0.15, 0.2) is 6.10 Å². The molecule has 1 aromatic rings. The number of carbonyl (C=O) groups excluding carboxylic acids is 1. The Kier molecular flexibility index (Phi) is 5.38. The van der Waals surface area contributed by atoms with E-state index in [0.29, 0.717) is 13.0 Å². The number of hydrogen-bond acceptors (Lipinski definition) is 4. The van der Waals surface area contributed by atoms with Gasteiger partial charge < -0.3 is 19.5 Å². The van der Waals surface area contributed by atoms with Crippen LogP contribution in [0.5, 0.6) is 5.75 Å². The molecule has 0 aliphatic carbocycles. The minimum Gasteiger partial charge on any atom is -0.497 e. The summed E-state index contributed by atoms with van der Waals surface area (Å²) in [5.41, 5.74) is 1.05. The Hall–Kier alpha value is -2.08. The Labute approximate surface area is 129 Å². The molecule has 1 fully saturated rings. The number of aliphatic carboxylic acids is 1. The topological polar surface area (TPSA) is 76.1 Å². The van der Waals surface area contributed by atoms with Crippen molar-refractivity contribution in [2.24, 2.45) is 0 Å². The zero-order valence-electron chi connectivity index (χ0n) is 12.8. The molecule has 1 aliphatic heterocycles. The summed E-state index contributed by atoms with van der Waals surface area (Å²) in [6.45, 7) is 2.80. The van der Waals surface area contributed by atoms with Gasteiger partial charge in [-0.2, -0.15) is 0 Å². The van der Waals surface area contributed by atoms with Gasteiger partial charge >= 0.3 is 5.97 Å². The third kappa shape index (κ3) is 3.98. The number of carboxylic acids is 1. The highest BCUT2D eigenvalue weighted by molar-refractivity contribution is 5.79. The first-order valence-corrected chi connectivity index (χ1v) is 7.27. The van der Waals surface area contributed by atoms with Crippen molar-refractivity contribution in [1.29, 1.82) is 0 Å². The number of rotatable bonds is 5.